The Morgan fingerprint density at radius 3 is 2.69 bits per heavy atom. The molecule has 0 saturated heterocycles. The summed E-state index contributed by atoms with van der Waals surface area (Å²) in [6.45, 7) is 2.25. The molecule has 4 heterocycles. The lowest BCUT2D eigenvalue weighted by atomic mass is 10.1. The Balaban J connectivity index is 1.20. The molecule has 196 valence electrons. The number of tetrazole rings is 1. The molecule has 0 fully saturated rings. The Labute approximate surface area is 220 Å². The lowest BCUT2D eigenvalue weighted by Crippen LogP contribution is -2.24. The van der Waals surface area contributed by atoms with E-state index in [0.29, 0.717) is 33.8 Å². The second kappa shape index (κ2) is 9.48. The summed E-state index contributed by atoms with van der Waals surface area (Å²) in [5, 5.41) is 24.9. The lowest BCUT2D eigenvalue weighted by molar-refractivity contribution is 0.0947. The number of aromatic nitrogens is 9. The number of anilines is 1. The fourth-order valence-electron chi connectivity index (χ4n) is 4.37. The van der Waals surface area contributed by atoms with Crippen molar-refractivity contribution in [1.29, 1.82) is 0 Å². The van der Waals surface area contributed by atoms with Crippen molar-refractivity contribution in [1.82, 2.24) is 50.3 Å². The van der Waals surface area contributed by atoms with E-state index in [1.54, 1.807) is 37.0 Å². The van der Waals surface area contributed by atoms with Gasteiger partial charge in [0.05, 0.1) is 11.6 Å². The average molecular weight is 526 g/mol. The van der Waals surface area contributed by atoms with E-state index < -0.39 is 11.7 Å². The zero-order valence-electron chi connectivity index (χ0n) is 21.2. The molecular weight excluding hydrogens is 502 g/mol. The molecule has 14 heteroatoms. The summed E-state index contributed by atoms with van der Waals surface area (Å²) in [5.74, 6) is 0.347. The Bertz CT molecular complexity index is 1870. The molecular formula is C25H23N11O3. The van der Waals surface area contributed by atoms with Gasteiger partial charge >= 0.3 is 5.76 Å². The van der Waals surface area contributed by atoms with Gasteiger partial charge in [-0.1, -0.05) is 30.3 Å². The zero-order chi connectivity index (χ0) is 27.1. The van der Waals surface area contributed by atoms with Crippen molar-refractivity contribution in [3.8, 4) is 11.4 Å². The van der Waals surface area contributed by atoms with Crippen LogP contribution in [0.5, 0.6) is 0 Å². The predicted octanol–water partition coefficient (Wildman–Crippen LogP) is 2.09. The van der Waals surface area contributed by atoms with Gasteiger partial charge in [-0.05, 0) is 35.4 Å². The van der Waals surface area contributed by atoms with Gasteiger partial charge in [0.15, 0.2) is 17.1 Å². The molecule has 14 nitrogen and oxygen atoms in total. The van der Waals surface area contributed by atoms with Crippen LogP contribution in [0.4, 0.5) is 5.82 Å². The number of hydrogen-bond acceptors (Lipinski definition) is 10. The number of benzene rings is 2. The summed E-state index contributed by atoms with van der Waals surface area (Å²) in [4.78, 5) is 33.5. The van der Waals surface area contributed by atoms with E-state index in [-0.39, 0.29) is 18.3 Å². The molecule has 0 aliphatic heterocycles. The van der Waals surface area contributed by atoms with Crippen LogP contribution < -0.4 is 16.4 Å². The van der Waals surface area contributed by atoms with E-state index in [2.05, 4.69) is 46.3 Å². The maximum Gasteiger partial charge on any atom is 0.419 e. The largest absolute Gasteiger partial charge is 0.419 e. The fourth-order valence-corrected chi connectivity index (χ4v) is 4.37. The molecule has 6 rings (SSSR count). The van der Waals surface area contributed by atoms with Gasteiger partial charge in [-0.3, -0.25) is 14.0 Å². The maximum atomic E-state index is 13.1. The molecule has 6 aromatic rings. The van der Waals surface area contributed by atoms with Crippen LogP contribution in [0.3, 0.4) is 0 Å². The highest BCUT2D eigenvalue weighted by atomic mass is 16.4. The number of H-pyrrole nitrogens is 1. The minimum Gasteiger partial charge on any atom is -0.408 e. The summed E-state index contributed by atoms with van der Waals surface area (Å²) in [6, 6.07) is 13.0. The van der Waals surface area contributed by atoms with Gasteiger partial charge in [-0.25, -0.2) is 14.8 Å². The van der Waals surface area contributed by atoms with E-state index in [0.717, 1.165) is 16.7 Å². The van der Waals surface area contributed by atoms with Crippen LogP contribution in [0, 0.1) is 0 Å². The Morgan fingerprint density at radius 1 is 1.10 bits per heavy atom. The van der Waals surface area contributed by atoms with E-state index >= 15 is 0 Å². The third-order valence-electron chi connectivity index (χ3n) is 6.51. The summed E-state index contributed by atoms with van der Waals surface area (Å²) >= 11 is 0. The molecule has 3 N–H and O–H groups in total. The van der Waals surface area contributed by atoms with Crippen LogP contribution >= 0.6 is 0 Å². The number of oxazole rings is 1. The first-order valence-corrected chi connectivity index (χ1v) is 12.0. The summed E-state index contributed by atoms with van der Waals surface area (Å²) in [5.41, 5.74) is 4.89. The van der Waals surface area contributed by atoms with Crippen LogP contribution in [0.2, 0.25) is 0 Å². The van der Waals surface area contributed by atoms with E-state index in [1.165, 1.54) is 10.9 Å². The smallest absolute Gasteiger partial charge is 0.408 e. The highest BCUT2D eigenvalue weighted by Gasteiger charge is 2.21. The number of rotatable bonds is 7. The van der Waals surface area contributed by atoms with Crippen molar-refractivity contribution in [3.05, 3.63) is 76.2 Å². The Hall–Kier alpha value is -5.40. The quantitative estimate of drug-likeness (QED) is 0.280. The second-order valence-electron chi connectivity index (χ2n) is 9.03. The molecule has 0 aliphatic rings. The van der Waals surface area contributed by atoms with Gasteiger partial charge in [0.1, 0.15) is 17.4 Å². The molecule has 39 heavy (non-hydrogen) atoms. The number of carbonyl (C=O) groups excluding carboxylic acids is 1. The SMILES string of the molecule is CC(Nc1c2ncnc(C(=O)NCc3ccc4oc(=O)n(C)c4c3)c2nn1C)c1ccc(-c2nn[nH]n2)cc1. The van der Waals surface area contributed by atoms with E-state index in [9.17, 15) is 9.59 Å². The van der Waals surface area contributed by atoms with Gasteiger partial charge in [0, 0.05) is 26.2 Å². The number of hydrogen-bond donors (Lipinski definition) is 3. The number of nitrogens with one attached hydrogen (secondary N) is 3. The van der Waals surface area contributed by atoms with Gasteiger partial charge in [-0.2, -0.15) is 10.3 Å². The molecule has 0 aliphatic carbocycles. The molecule has 2 aromatic carbocycles. The molecule has 1 atom stereocenters. The highest BCUT2D eigenvalue weighted by molar-refractivity contribution is 6.04. The van der Waals surface area contributed by atoms with Crippen LogP contribution in [0.1, 0.15) is 34.6 Å². The monoisotopic (exact) mass is 525 g/mol. The third-order valence-corrected chi connectivity index (χ3v) is 6.51. The van der Waals surface area contributed by atoms with Crippen molar-refractivity contribution in [2.75, 3.05) is 5.32 Å². The number of aryl methyl sites for hydroxylation is 2. The first-order valence-electron chi connectivity index (χ1n) is 12.0. The van der Waals surface area contributed by atoms with Crippen molar-refractivity contribution >= 4 is 33.9 Å². The van der Waals surface area contributed by atoms with Crippen LogP contribution in [0.25, 0.3) is 33.5 Å². The number of amides is 1. The summed E-state index contributed by atoms with van der Waals surface area (Å²) in [7, 11) is 3.41. The summed E-state index contributed by atoms with van der Waals surface area (Å²) < 4.78 is 8.23. The minimum atomic E-state index is -0.440. The summed E-state index contributed by atoms with van der Waals surface area (Å²) in [6.07, 6.45) is 1.35. The van der Waals surface area contributed by atoms with Crippen LogP contribution in [-0.2, 0) is 20.6 Å². The van der Waals surface area contributed by atoms with Crippen LogP contribution in [-0.4, -0.2) is 50.8 Å². The molecule has 0 spiro atoms. The van der Waals surface area contributed by atoms with Gasteiger partial charge < -0.3 is 15.1 Å². The van der Waals surface area contributed by atoms with Crippen molar-refractivity contribution in [3.63, 3.8) is 0 Å². The topological polar surface area (TPSA) is 174 Å². The number of aromatic amines is 1. The van der Waals surface area contributed by atoms with Crippen molar-refractivity contribution in [2.45, 2.75) is 19.5 Å². The second-order valence-corrected chi connectivity index (χ2v) is 9.03. The molecule has 0 saturated carbocycles. The third kappa shape index (κ3) is 4.37. The molecule has 1 unspecified atom stereocenters. The highest BCUT2D eigenvalue weighted by Crippen LogP contribution is 2.27. The number of fused-ring (bicyclic) bond motifs is 2. The molecule has 4 aromatic heterocycles. The van der Waals surface area contributed by atoms with E-state index in [4.69, 9.17) is 4.42 Å². The van der Waals surface area contributed by atoms with Gasteiger partial charge in [-0.15, -0.1) is 10.2 Å². The zero-order valence-corrected chi connectivity index (χ0v) is 21.2. The minimum absolute atomic E-state index is 0.0936. The average Bonchev–Trinajstić information content (AvgIpc) is 3.66. The molecule has 0 bridgehead atoms. The van der Waals surface area contributed by atoms with Gasteiger partial charge in [0.2, 0.25) is 5.82 Å². The van der Waals surface area contributed by atoms with E-state index in [1.807, 2.05) is 31.2 Å². The number of carbonyl (C=O) groups is 1. The predicted molar refractivity (Wildman–Crippen MR) is 141 cm³/mol. The maximum absolute atomic E-state index is 13.1. The normalized spacial score (nSPS) is 12.2. The molecule has 0 radical (unpaired) electrons. The Kier molecular flexibility index (Phi) is 5.83. The van der Waals surface area contributed by atoms with Crippen LogP contribution in [0.15, 0.2) is 58.0 Å². The Morgan fingerprint density at radius 2 is 1.92 bits per heavy atom. The lowest BCUT2D eigenvalue weighted by Gasteiger charge is -2.16. The first kappa shape index (κ1) is 24.0. The molecule has 1 amide bonds. The van der Waals surface area contributed by atoms with Crippen molar-refractivity contribution in [2.24, 2.45) is 14.1 Å². The standard InChI is InChI=1S/C25H23N11O3/c1-13(15-5-7-16(8-6-15)22-30-33-34-31-22)29-23-20-19(32-36(23)3)21(28-12-27-20)24(37)26-11-14-4-9-18-17(10-14)35(2)25(38)39-18/h4-10,12-13,29H,11H2,1-3H3,(H,26,37)(H,30,31,33,34). The first-order chi connectivity index (χ1) is 18.9. The van der Waals surface area contributed by atoms with Gasteiger partial charge in [0.25, 0.3) is 5.91 Å². The fraction of sp³-hybridized carbons (Fsp3) is 0.200. The number of nitrogens with zero attached hydrogens (tertiary/aromatic N) is 8. The van der Waals surface area contributed by atoms with Crippen molar-refractivity contribution < 1.29 is 9.21 Å².